The molecule has 102 valence electrons. The van der Waals surface area contributed by atoms with Crippen LogP contribution in [0.1, 0.15) is 46.9 Å². The van der Waals surface area contributed by atoms with Gasteiger partial charge in [0.1, 0.15) is 0 Å². The molecule has 0 N–H and O–H groups in total. The van der Waals surface area contributed by atoms with Gasteiger partial charge in [0.05, 0.1) is 12.7 Å². The minimum absolute atomic E-state index is 0.0381. The molecule has 1 aromatic heterocycles. The van der Waals surface area contributed by atoms with Crippen LogP contribution in [0.3, 0.4) is 0 Å². The summed E-state index contributed by atoms with van der Waals surface area (Å²) >= 11 is 0. The fraction of sp³-hybridized carbons (Fsp3) is 0.353. The number of ether oxygens (including phenoxy) is 1. The normalized spacial score (nSPS) is 22.3. The van der Waals surface area contributed by atoms with Crippen molar-refractivity contribution in [1.29, 1.82) is 0 Å². The van der Waals surface area contributed by atoms with E-state index in [4.69, 9.17) is 4.74 Å². The lowest BCUT2D eigenvalue weighted by atomic mass is 9.71. The number of methoxy groups -OCH3 is 1. The topological polar surface area (TPSA) is 31.2 Å². The maximum absolute atomic E-state index is 12.0. The second-order valence-electron chi connectivity index (χ2n) is 5.93. The lowest BCUT2D eigenvalue weighted by molar-refractivity contribution is 0.0599. The van der Waals surface area contributed by atoms with Crippen LogP contribution < -0.4 is 0 Å². The molecule has 0 radical (unpaired) electrons. The van der Waals surface area contributed by atoms with Crippen molar-refractivity contribution in [2.24, 2.45) is 0 Å². The van der Waals surface area contributed by atoms with Crippen LogP contribution in [-0.4, -0.2) is 17.6 Å². The maximum atomic E-state index is 12.0. The van der Waals surface area contributed by atoms with Crippen LogP contribution in [-0.2, 0) is 16.6 Å². The molecule has 3 nitrogen and oxygen atoms in total. The standard InChI is InChI=1S/C17H17NO2/c1-17-9-5-6-11-12(16(19)20-2)10-18(15(11)17)14-8-4-3-7-13(14)17/h3-4,7-8,10H,5-6,9H2,1-2H3. The molecule has 1 aliphatic carbocycles. The summed E-state index contributed by atoms with van der Waals surface area (Å²) in [7, 11) is 1.45. The number of aromatic nitrogens is 1. The van der Waals surface area contributed by atoms with Crippen molar-refractivity contribution in [3.63, 3.8) is 0 Å². The Balaban J connectivity index is 2.06. The first-order chi connectivity index (χ1) is 9.66. The lowest BCUT2D eigenvalue weighted by Crippen LogP contribution is -2.26. The molecular formula is C17H17NO2. The van der Waals surface area contributed by atoms with E-state index in [9.17, 15) is 4.79 Å². The van der Waals surface area contributed by atoms with E-state index in [0.29, 0.717) is 0 Å². The zero-order valence-corrected chi connectivity index (χ0v) is 11.8. The van der Waals surface area contributed by atoms with Gasteiger partial charge < -0.3 is 9.30 Å². The predicted octanol–water partition coefficient (Wildman–Crippen LogP) is 3.22. The van der Waals surface area contributed by atoms with Crippen LogP contribution in [0.5, 0.6) is 0 Å². The van der Waals surface area contributed by atoms with E-state index in [-0.39, 0.29) is 11.4 Å². The van der Waals surface area contributed by atoms with E-state index in [1.54, 1.807) is 0 Å². The number of carbonyl (C=O) groups is 1. The molecule has 1 unspecified atom stereocenters. The Morgan fingerprint density at radius 3 is 2.95 bits per heavy atom. The smallest absolute Gasteiger partial charge is 0.339 e. The number of nitrogens with zero attached hydrogens (tertiary/aromatic N) is 1. The van der Waals surface area contributed by atoms with Gasteiger partial charge in [0.15, 0.2) is 0 Å². The molecule has 1 atom stereocenters. The molecule has 4 rings (SSSR count). The van der Waals surface area contributed by atoms with Gasteiger partial charge in [0, 0.05) is 23.0 Å². The van der Waals surface area contributed by atoms with Crippen LogP contribution in [0.2, 0.25) is 0 Å². The van der Waals surface area contributed by atoms with Gasteiger partial charge in [-0.05, 0) is 43.4 Å². The summed E-state index contributed by atoms with van der Waals surface area (Å²) in [5.74, 6) is -0.219. The van der Waals surface area contributed by atoms with E-state index < -0.39 is 0 Å². The van der Waals surface area contributed by atoms with Crippen molar-refractivity contribution in [2.75, 3.05) is 7.11 Å². The summed E-state index contributed by atoms with van der Waals surface area (Å²) < 4.78 is 7.15. The predicted molar refractivity (Wildman–Crippen MR) is 76.5 cm³/mol. The maximum Gasteiger partial charge on any atom is 0.339 e. The molecular weight excluding hydrogens is 250 g/mol. The molecule has 2 heterocycles. The summed E-state index contributed by atoms with van der Waals surface area (Å²) in [6.45, 7) is 2.30. The van der Waals surface area contributed by atoms with Crippen LogP contribution in [0.25, 0.3) is 5.69 Å². The van der Waals surface area contributed by atoms with Crippen LogP contribution in [0.4, 0.5) is 0 Å². The minimum atomic E-state index is -0.219. The number of rotatable bonds is 1. The number of esters is 1. The van der Waals surface area contributed by atoms with Gasteiger partial charge in [-0.1, -0.05) is 18.2 Å². The highest BCUT2D eigenvalue weighted by Crippen LogP contribution is 2.51. The van der Waals surface area contributed by atoms with E-state index in [0.717, 1.165) is 24.8 Å². The number of para-hydroxylation sites is 1. The molecule has 20 heavy (non-hydrogen) atoms. The molecule has 0 bridgehead atoms. The van der Waals surface area contributed by atoms with Crippen molar-refractivity contribution in [2.45, 2.75) is 31.6 Å². The molecule has 0 saturated carbocycles. The summed E-state index contributed by atoms with van der Waals surface area (Å²) in [5.41, 5.74) is 5.85. The third kappa shape index (κ3) is 1.23. The van der Waals surface area contributed by atoms with Crippen molar-refractivity contribution < 1.29 is 9.53 Å². The quantitative estimate of drug-likeness (QED) is 0.743. The Morgan fingerprint density at radius 2 is 2.15 bits per heavy atom. The summed E-state index contributed by atoms with van der Waals surface area (Å²) in [4.78, 5) is 12.0. The highest BCUT2D eigenvalue weighted by Gasteiger charge is 2.45. The highest BCUT2D eigenvalue weighted by molar-refractivity contribution is 5.92. The second-order valence-corrected chi connectivity index (χ2v) is 5.93. The first kappa shape index (κ1) is 11.8. The zero-order chi connectivity index (χ0) is 13.9. The second kappa shape index (κ2) is 3.75. The first-order valence-electron chi connectivity index (χ1n) is 7.10. The molecule has 0 amide bonds. The molecule has 2 aliphatic rings. The van der Waals surface area contributed by atoms with Crippen molar-refractivity contribution in [1.82, 2.24) is 4.57 Å². The SMILES string of the molecule is COC(=O)c1cn2c3c1CCCC3(C)c1ccccc1-2. The number of hydrogen-bond acceptors (Lipinski definition) is 2. The van der Waals surface area contributed by atoms with Gasteiger partial charge in [0.25, 0.3) is 0 Å². The Kier molecular flexibility index (Phi) is 2.21. The van der Waals surface area contributed by atoms with E-state index in [1.807, 2.05) is 6.20 Å². The van der Waals surface area contributed by atoms with Crippen LogP contribution in [0.15, 0.2) is 30.5 Å². The number of benzene rings is 1. The van der Waals surface area contributed by atoms with E-state index >= 15 is 0 Å². The van der Waals surface area contributed by atoms with Gasteiger partial charge in [-0.15, -0.1) is 0 Å². The summed E-state index contributed by atoms with van der Waals surface area (Å²) in [5, 5.41) is 0. The Morgan fingerprint density at radius 1 is 1.35 bits per heavy atom. The van der Waals surface area contributed by atoms with Crippen molar-refractivity contribution >= 4 is 5.97 Å². The summed E-state index contributed by atoms with van der Waals surface area (Å²) in [6.07, 6.45) is 5.19. The Labute approximate surface area is 118 Å². The zero-order valence-electron chi connectivity index (χ0n) is 11.8. The Hall–Kier alpha value is -2.03. The average molecular weight is 267 g/mol. The first-order valence-corrected chi connectivity index (χ1v) is 7.10. The van der Waals surface area contributed by atoms with E-state index in [2.05, 4.69) is 35.8 Å². The van der Waals surface area contributed by atoms with Crippen LogP contribution in [0, 0.1) is 0 Å². The lowest BCUT2D eigenvalue weighted by Gasteiger charge is -2.31. The van der Waals surface area contributed by atoms with Crippen molar-refractivity contribution in [3.05, 3.63) is 52.8 Å². The highest BCUT2D eigenvalue weighted by atomic mass is 16.5. The number of fused-ring (bicyclic) bond motifs is 3. The average Bonchev–Trinajstić information content (AvgIpc) is 2.98. The third-order valence-electron chi connectivity index (χ3n) is 4.90. The largest absolute Gasteiger partial charge is 0.465 e. The van der Waals surface area contributed by atoms with Gasteiger partial charge in [-0.2, -0.15) is 0 Å². The minimum Gasteiger partial charge on any atom is -0.465 e. The third-order valence-corrected chi connectivity index (χ3v) is 4.90. The van der Waals surface area contributed by atoms with Crippen molar-refractivity contribution in [3.8, 4) is 5.69 Å². The number of hydrogen-bond donors (Lipinski definition) is 0. The molecule has 2 aromatic rings. The van der Waals surface area contributed by atoms with Gasteiger partial charge in [0.2, 0.25) is 0 Å². The molecule has 0 fully saturated rings. The number of carbonyl (C=O) groups excluding carboxylic acids is 1. The van der Waals surface area contributed by atoms with Crippen LogP contribution >= 0.6 is 0 Å². The van der Waals surface area contributed by atoms with E-state index in [1.165, 1.54) is 29.6 Å². The van der Waals surface area contributed by atoms with Gasteiger partial charge in [-0.25, -0.2) is 4.79 Å². The molecule has 3 heteroatoms. The summed E-state index contributed by atoms with van der Waals surface area (Å²) in [6, 6.07) is 8.52. The molecule has 0 saturated heterocycles. The van der Waals surface area contributed by atoms with Gasteiger partial charge in [-0.3, -0.25) is 0 Å². The fourth-order valence-electron chi connectivity index (χ4n) is 4.02. The van der Waals surface area contributed by atoms with Gasteiger partial charge >= 0.3 is 5.97 Å². The fourth-order valence-corrected chi connectivity index (χ4v) is 4.02. The Bertz CT molecular complexity index is 729. The molecule has 1 aromatic carbocycles. The molecule has 0 spiro atoms. The molecule has 1 aliphatic heterocycles. The monoisotopic (exact) mass is 267 g/mol.